The number of hydrogen-bond acceptors (Lipinski definition) is 6. The van der Waals surface area contributed by atoms with Gasteiger partial charge < -0.3 is 10.6 Å². The normalized spacial score (nSPS) is 14.1. The van der Waals surface area contributed by atoms with Crippen LogP contribution in [0.5, 0.6) is 0 Å². The van der Waals surface area contributed by atoms with Gasteiger partial charge in [-0.25, -0.2) is 9.97 Å². The quantitative estimate of drug-likeness (QED) is 0.625. The zero-order valence-electron chi connectivity index (χ0n) is 13.4. The van der Waals surface area contributed by atoms with Gasteiger partial charge in [0.15, 0.2) is 11.0 Å². The third-order valence-electron chi connectivity index (χ3n) is 3.39. The summed E-state index contributed by atoms with van der Waals surface area (Å²) in [4.78, 5) is 20.9. The fourth-order valence-electron chi connectivity index (χ4n) is 2.13. The summed E-state index contributed by atoms with van der Waals surface area (Å²) in [5.74, 6) is 0.960. The van der Waals surface area contributed by atoms with Crippen LogP contribution in [0, 0.1) is 0 Å². The van der Waals surface area contributed by atoms with Gasteiger partial charge in [-0.05, 0) is 32.9 Å². The summed E-state index contributed by atoms with van der Waals surface area (Å²) >= 11 is 1.43. The molecule has 8 heteroatoms. The molecule has 0 radical (unpaired) electrons. The van der Waals surface area contributed by atoms with Gasteiger partial charge in [0.1, 0.15) is 11.4 Å². The lowest BCUT2D eigenvalue weighted by molar-refractivity contribution is 0.0943. The molecule has 2 aromatic rings. The molecule has 0 aliphatic heterocycles. The van der Waals surface area contributed by atoms with E-state index in [1.165, 1.54) is 24.6 Å². The van der Waals surface area contributed by atoms with Crippen LogP contribution in [0.3, 0.4) is 0 Å². The maximum absolute atomic E-state index is 12.3. The summed E-state index contributed by atoms with van der Waals surface area (Å²) in [6.07, 6.45) is 7.75. The third-order valence-corrected chi connectivity index (χ3v) is 3.95. The average Bonchev–Trinajstić information content (AvgIpc) is 3.26. The number of aromatic nitrogens is 4. The predicted octanol–water partition coefficient (Wildman–Crippen LogP) is 2.61. The Kier molecular flexibility index (Phi) is 4.51. The van der Waals surface area contributed by atoms with Crippen molar-refractivity contribution in [2.24, 2.45) is 0 Å². The van der Waals surface area contributed by atoms with E-state index in [4.69, 9.17) is 0 Å². The van der Waals surface area contributed by atoms with Crippen LogP contribution in [-0.4, -0.2) is 38.0 Å². The smallest absolute Gasteiger partial charge is 0.256 e. The second-order valence-corrected chi connectivity index (χ2v) is 6.56. The lowest BCUT2D eigenvalue weighted by Crippen LogP contribution is -2.31. The van der Waals surface area contributed by atoms with Crippen molar-refractivity contribution in [3.8, 4) is 0 Å². The molecule has 0 atom stereocenters. The maximum atomic E-state index is 12.3. The Morgan fingerprint density at radius 3 is 2.87 bits per heavy atom. The highest BCUT2D eigenvalue weighted by Crippen LogP contribution is 2.34. The monoisotopic (exact) mass is 332 g/mol. The Morgan fingerprint density at radius 2 is 2.22 bits per heavy atom. The number of rotatable bonds is 6. The molecule has 0 bridgehead atoms. The zero-order valence-corrected chi connectivity index (χ0v) is 14.2. The van der Waals surface area contributed by atoms with Gasteiger partial charge in [0.2, 0.25) is 0 Å². The Morgan fingerprint density at radius 1 is 1.43 bits per heavy atom. The second-order valence-electron chi connectivity index (χ2n) is 5.78. The van der Waals surface area contributed by atoms with Crippen LogP contribution >= 0.6 is 11.8 Å². The van der Waals surface area contributed by atoms with Gasteiger partial charge in [-0.2, -0.15) is 5.10 Å². The minimum Gasteiger partial charge on any atom is -0.350 e. The second kappa shape index (κ2) is 6.57. The fourth-order valence-corrected chi connectivity index (χ4v) is 2.47. The molecule has 2 aromatic heterocycles. The molecular formula is C15H20N6OS. The van der Waals surface area contributed by atoms with E-state index >= 15 is 0 Å². The van der Waals surface area contributed by atoms with E-state index in [2.05, 4.69) is 25.7 Å². The molecule has 1 aliphatic carbocycles. The molecule has 2 N–H and O–H groups in total. The van der Waals surface area contributed by atoms with E-state index in [1.54, 1.807) is 6.20 Å². The van der Waals surface area contributed by atoms with E-state index in [0.717, 1.165) is 0 Å². The topological polar surface area (TPSA) is 84.7 Å². The van der Waals surface area contributed by atoms with Crippen LogP contribution in [0.1, 0.15) is 43.1 Å². The first-order valence-electron chi connectivity index (χ1n) is 7.61. The van der Waals surface area contributed by atoms with Crippen molar-refractivity contribution in [3.05, 3.63) is 24.0 Å². The van der Waals surface area contributed by atoms with Crippen molar-refractivity contribution in [1.82, 2.24) is 25.1 Å². The van der Waals surface area contributed by atoms with Crippen LogP contribution in [0.15, 0.2) is 23.6 Å². The standard InChI is InChI=1S/C15H20N6OS/c1-9(2)17-14(22)11-8-16-15(23-3)19-13(11)18-12-6-7-21(20-12)10-4-5-10/h6-10H,4-5H2,1-3H3,(H,17,22)(H,16,18,19,20). The first-order valence-corrected chi connectivity index (χ1v) is 8.83. The maximum Gasteiger partial charge on any atom is 0.256 e. The van der Waals surface area contributed by atoms with Gasteiger partial charge in [-0.15, -0.1) is 0 Å². The molecule has 0 saturated heterocycles. The van der Waals surface area contributed by atoms with Crippen molar-refractivity contribution >= 4 is 29.3 Å². The lowest BCUT2D eigenvalue weighted by atomic mass is 10.2. The fraction of sp³-hybridized carbons (Fsp3) is 0.467. The number of nitrogens with one attached hydrogen (secondary N) is 2. The SMILES string of the molecule is CSc1ncc(C(=O)NC(C)C)c(Nc2ccn(C3CC3)n2)n1. The summed E-state index contributed by atoms with van der Waals surface area (Å²) in [5, 5.41) is 11.1. The molecule has 7 nitrogen and oxygen atoms in total. The lowest BCUT2D eigenvalue weighted by Gasteiger charge is -2.12. The molecule has 0 unspecified atom stereocenters. The highest BCUT2D eigenvalue weighted by Gasteiger charge is 2.24. The molecule has 2 heterocycles. The summed E-state index contributed by atoms with van der Waals surface area (Å²) < 4.78 is 1.95. The van der Waals surface area contributed by atoms with Gasteiger partial charge >= 0.3 is 0 Å². The summed E-state index contributed by atoms with van der Waals surface area (Å²) in [5.41, 5.74) is 0.414. The van der Waals surface area contributed by atoms with E-state index < -0.39 is 0 Å². The minimum atomic E-state index is -0.197. The number of nitrogens with zero attached hydrogens (tertiary/aromatic N) is 4. The summed E-state index contributed by atoms with van der Waals surface area (Å²) in [6, 6.07) is 2.45. The number of carbonyl (C=O) groups excluding carboxylic acids is 1. The number of hydrogen-bond donors (Lipinski definition) is 2. The van der Waals surface area contributed by atoms with E-state index in [1.807, 2.05) is 37.0 Å². The van der Waals surface area contributed by atoms with Crippen molar-refractivity contribution in [1.29, 1.82) is 0 Å². The molecule has 1 amide bonds. The number of thioether (sulfide) groups is 1. The van der Waals surface area contributed by atoms with Crippen LogP contribution in [0.2, 0.25) is 0 Å². The minimum absolute atomic E-state index is 0.0460. The Labute approximate surface area is 139 Å². The van der Waals surface area contributed by atoms with E-state index in [9.17, 15) is 4.79 Å². The molecule has 0 spiro atoms. The van der Waals surface area contributed by atoms with Crippen LogP contribution < -0.4 is 10.6 Å². The van der Waals surface area contributed by atoms with E-state index in [-0.39, 0.29) is 11.9 Å². The van der Waals surface area contributed by atoms with Gasteiger partial charge in [0, 0.05) is 24.5 Å². The Bertz CT molecular complexity index is 710. The highest BCUT2D eigenvalue weighted by molar-refractivity contribution is 7.98. The molecule has 23 heavy (non-hydrogen) atoms. The molecule has 0 aromatic carbocycles. The van der Waals surface area contributed by atoms with Gasteiger partial charge in [-0.1, -0.05) is 11.8 Å². The molecule has 1 saturated carbocycles. The van der Waals surface area contributed by atoms with Crippen molar-refractivity contribution in [2.75, 3.05) is 11.6 Å². The van der Waals surface area contributed by atoms with E-state index in [0.29, 0.717) is 28.4 Å². The average molecular weight is 332 g/mol. The number of carbonyl (C=O) groups is 1. The van der Waals surface area contributed by atoms with Crippen LogP contribution in [-0.2, 0) is 0 Å². The molecular weight excluding hydrogens is 312 g/mol. The van der Waals surface area contributed by atoms with Crippen LogP contribution in [0.4, 0.5) is 11.6 Å². The first kappa shape index (κ1) is 15.8. The molecule has 1 fully saturated rings. The number of anilines is 2. The zero-order chi connectivity index (χ0) is 16.4. The van der Waals surface area contributed by atoms with Gasteiger partial charge in [0.25, 0.3) is 5.91 Å². The van der Waals surface area contributed by atoms with Gasteiger partial charge in [0.05, 0.1) is 6.04 Å². The van der Waals surface area contributed by atoms with Crippen molar-refractivity contribution in [2.45, 2.75) is 43.9 Å². The predicted molar refractivity (Wildman–Crippen MR) is 90.2 cm³/mol. The molecule has 3 rings (SSSR count). The third kappa shape index (κ3) is 3.82. The highest BCUT2D eigenvalue weighted by atomic mass is 32.2. The number of amides is 1. The Balaban J connectivity index is 1.86. The first-order chi connectivity index (χ1) is 11.1. The van der Waals surface area contributed by atoms with Crippen LogP contribution in [0.25, 0.3) is 0 Å². The summed E-state index contributed by atoms with van der Waals surface area (Å²) in [7, 11) is 0. The largest absolute Gasteiger partial charge is 0.350 e. The molecule has 122 valence electrons. The molecule has 1 aliphatic rings. The Hall–Kier alpha value is -2.09. The van der Waals surface area contributed by atoms with Crippen molar-refractivity contribution < 1.29 is 4.79 Å². The van der Waals surface area contributed by atoms with Gasteiger partial charge in [-0.3, -0.25) is 9.48 Å². The van der Waals surface area contributed by atoms with Crippen molar-refractivity contribution in [3.63, 3.8) is 0 Å². The summed E-state index contributed by atoms with van der Waals surface area (Å²) in [6.45, 7) is 3.83.